The molecule has 2 aromatic carbocycles. The number of ether oxygens (including phenoxy) is 1. The fourth-order valence-corrected chi connectivity index (χ4v) is 5.93. The summed E-state index contributed by atoms with van der Waals surface area (Å²) in [5.74, 6) is -1.93. The highest BCUT2D eigenvalue weighted by atomic mass is 32.2. The molecule has 2 N–H and O–H groups in total. The molecule has 0 fully saturated rings. The number of sulfonamides is 1. The molecule has 34 heavy (non-hydrogen) atoms. The summed E-state index contributed by atoms with van der Waals surface area (Å²) in [4.78, 5) is 16.3. The number of thiazole rings is 1. The minimum Gasteiger partial charge on any atom is -0.490 e. The third-order valence-electron chi connectivity index (χ3n) is 5.32. The Balaban J connectivity index is 1.75. The molecule has 0 radical (unpaired) electrons. The highest BCUT2D eigenvalue weighted by Crippen LogP contribution is 2.42. The van der Waals surface area contributed by atoms with Crippen LogP contribution in [0, 0.1) is 11.3 Å². The van der Waals surface area contributed by atoms with Crippen molar-refractivity contribution >= 4 is 33.0 Å². The lowest BCUT2D eigenvalue weighted by Crippen LogP contribution is -2.22. The van der Waals surface area contributed by atoms with E-state index in [1.54, 1.807) is 24.4 Å². The van der Waals surface area contributed by atoms with Gasteiger partial charge in [0.2, 0.25) is 10.0 Å². The van der Waals surface area contributed by atoms with Gasteiger partial charge in [0.1, 0.15) is 16.8 Å². The molecule has 4 rings (SSSR count). The van der Waals surface area contributed by atoms with Crippen LogP contribution in [0.25, 0.3) is 21.0 Å². The number of fused-ring (bicyclic) bond motifs is 1. The van der Waals surface area contributed by atoms with Crippen LogP contribution in [0.15, 0.2) is 36.5 Å². The summed E-state index contributed by atoms with van der Waals surface area (Å²) in [6.07, 6.45) is 4.29. The fourth-order valence-electron chi connectivity index (χ4n) is 4.03. The van der Waals surface area contributed by atoms with Gasteiger partial charge in [-0.15, -0.1) is 11.3 Å². The maximum atomic E-state index is 12.4. The van der Waals surface area contributed by atoms with Gasteiger partial charge in [-0.25, -0.2) is 13.4 Å². The molecule has 0 amide bonds. The average molecular weight is 498 g/mol. The van der Waals surface area contributed by atoms with Gasteiger partial charge in [-0.05, 0) is 68.5 Å². The van der Waals surface area contributed by atoms with Crippen molar-refractivity contribution in [2.75, 3.05) is 10.5 Å². The molecule has 0 spiro atoms. The van der Waals surface area contributed by atoms with Crippen LogP contribution in [-0.4, -0.2) is 36.3 Å². The van der Waals surface area contributed by atoms with E-state index < -0.39 is 21.7 Å². The summed E-state index contributed by atoms with van der Waals surface area (Å²) in [5, 5.41) is 19.2. The number of carboxylic acid groups (broad SMARTS) is 1. The number of nitrogens with zero attached hydrogens (tertiary/aromatic N) is 2. The third kappa shape index (κ3) is 5.05. The molecule has 0 unspecified atom stereocenters. The minimum absolute atomic E-state index is 0.0621. The van der Waals surface area contributed by atoms with E-state index in [2.05, 4.69) is 15.8 Å². The molecule has 176 valence electrons. The van der Waals surface area contributed by atoms with Crippen LogP contribution in [0.3, 0.4) is 0 Å². The van der Waals surface area contributed by atoms with Crippen LogP contribution in [0.2, 0.25) is 0 Å². The Morgan fingerprint density at radius 1 is 1.29 bits per heavy atom. The van der Waals surface area contributed by atoms with Crippen LogP contribution in [0.1, 0.15) is 37.0 Å². The second kappa shape index (κ2) is 9.44. The Labute approximate surface area is 201 Å². The first kappa shape index (κ1) is 23.7. The SMILES string of the molecule is CC(C)Oc1ccc(-c2ncc(-c3c(NS(=O)(=O)CC(=O)O)ccc4c3CCC4)s2)cc1C#N. The second-order valence-corrected chi connectivity index (χ2v) is 11.0. The van der Waals surface area contributed by atoms with Crippen molar-refractivity contribution in [2.24, 2.45) is 0 Å². The highest BCUT2D eigenvalue weighted by molar-refractivity contribution is 7.93. The molecular weight excluding hydrogens is 474 g/mol. The Hall–Kier alpha value is -3.42. The van der Waals surface area contributed by atoms with E-state index in [1.807, 2.05) is 26.0 Å². The van der Waals surface area contributed by atoms with E-state index in [4.69, 9.17) is 9.84 Å². The van der Waals surface area contributed by atoms with Gasteiger partial charge in [0.05, 0.1) is 22.2 Å². The first-order valence-corrected chi connectivity index (χ1v) is 13.2. The van der Waals surface area contributed by atoms with Crippen LogP contribution in [0.5, 0.6) is 5.75 Å². The Morgan fingerprint density at radius 3 is 2.79 bits per heavy atom. The maximum Gasteiger partial charge on any atom is 0.320 e. The summed E-state index contributed by atoms with van der Waals surface area (Å²) >= 11 is 1.39. The largest absolute Gasteiger partial charge is 0.490 e. The predicted octanol–water partition coefficient (Wildman–Crippen LogP) is 4.45. The maximum absolute atomic E-state index is 12.4. The Morgan fingerprint density at radius 2 is 2.09 bits per heavy atom. The van der Waals surface area contributed by atoms with Crippen molar-refractivity contribution < 1.29 is 23.1 Å². The number of nitriles is 1. The molecule has 0 atom stereocenters. The zero-order valence-electron chi connectivity index (χ0n) is 18.7. The number of nitrogens with one attached hydrogen (secondary N) is 1. The quantitative estimate of drug-likeness (QED) is 0.470. The van der Waals surface area contributed by atoms with Crippen LogP contribution in [0.4, 0.5) is 5.69 Å². The van der Waals surface area contributed by atoms with Crippen LogP contribution in [-0.2, 0) is 27.7 Å². The number of carboxylic acids is 1. The number of anilines is 1. The van der Waals surface area contributed by atoms with Gasteiger partial charge in [0, 0.05) is 17.3 Å². The summed E-state index contributed by atoms with van der Waals surface area (Å²) in [7, 11) is -4.07. The standard InChI is InChI=1S/C24H23N3O5S2/c1-14(2)32-20-9-7-16(10-17(20)11-25)24-26-12-21(33-24)23-18-5-3-4-15(18)6-8-19(23)27-34(30,31)13-22(28)29/h6-10,12,14,27H,3-5,13H2,1-2H3,(H,28,29). The lowest BCUT2D eigenvalue weighted by molar-refractivity contribution is -0.134. The summed E-state index contributed by atoms with van der Waals surface area (Å²) in [6, 6.07) is 11.1. The minimum atomic E-state index is -4.07. The number of aromatic nitrogens is 1. The van der Waals surface area contributed by atoms with Crippen LogP contribution < -0.4 is 9.46 Å². The number of aliphatic carboxylic acids is 1. The summed E-state index contributed by atoms with van der Waals surface area (Å²) < 4.78 is 32.9. The molecule has 10 heteroatoms. The number of aryl methyl sites for hydroxylation is 1. The molecule has 1 aromatic heterocycles. The van der Waals surface area contributed by atoms with Gasteiger partial charge in [0.25, 0.3) is 0 Å². The molecular formula is C24H23N3O5S2. The summed E-state index contributed by atoms with van der Waals surface area (Å²) in [6.45, 7) is 3.78. The monoisotopic (exact) mass is 497 g/mol. The first-order valence-electron chi connectivity index (χ1n) is 10.7. The topological polar surface area (TPSA) is 129 Å². The smallest absolute Gasteiger partial charge is 0.320 e. The Kier molecular flexibility index (Phi) is 6.59. The van der Waals surface area contributed by atoms with Gasteiger partial charge >= 0.3 is 5.97 Å². The highest BCUT2D eigenvalue weighted by Gasteiger charge is 2.24. The van der Waals surface area contributed by atoms with Crippen molar-refractivity contribution in [2.45, 2.75) is 39.2 Å². The first-order chi connectivity index (χ1) is 16.2. The van der Waals surface area contributed by atoms with Gasteiger partial charge in [-0.3, -0.25) is 9.52 Å². The van der Waals surface area contributed by atoms with Crippen molar-refractivity contribution in [3.8, 4) is 32.8 Å². The average Bonchev–Trinajstić information content (AvgIpc) is 3.42. The number of hydrogen-bond donors (Lipinski definition) is 2. The van der Waals surface area contributed by atoms with E-state index in [1.165, 1.54) is 11.3 Å². The molecule has 0 aliphatic heterocycles. The molecule has 1 aliphatic rings. The van der Waals surface area contributed by atoms with Gasteiger partial charge in [0.15, 0.2) is 5.75 Å². The van der Waals surface area contributed by atoms with E-state index >= 15 is 0 Å². The third-order valence-corrected chi connectivity index (χ3v) is 7.55. The zero-order valence-corrected chi connectivity index (χ0v) is 20.3. The number of hydrogen-bond acceptors (Lipinski definition) is 7. The van der Waals surface area contributed by atoms with Crippen molar-refractivity contribution in [1.29, 1.82) is 5.26 Å². The predicted molar refractivity (Wildman–Crippen MR) is 131 cm³/mol. The van der Waals surface area contributed by atoms with Gasteiger partial charge in [-0.1, -0.05) is 6.07 Å². The fraction of sp³-hybridized carbons (Fsp3) is 0.292. The molecule has 1 aliphatic carbocycles. The van der Waals surface area contributed by atoms with Gasteiger partial charge in [-0.2, -0.15) is 5.26 Å². The molecule has 0 saturated carbocycles. The van der Waals surface area contributed by atoms with E-state index in [0.29, 0.717) is 22.0 Å². The number of benzene rings is 2. The number of carbonyl (C=O) groups is 1. The lowest BCUT2D eigenvalue weighted by Gasteiger charge is -2.15. The van der Waals surface area contributed by atoms with E-state index in [0.717, 1.165) is 46.4 Å². The Bertz CT molecular complexity index is 1400. The molecule has 8 nitrogen and oxygen atoms in total. The summed E-state index contributed by atoms with van der Waals surface area (Å²) in [5.41, 5.74) is 4.43. The van der Waals surface area contributed by atoms with E-state index in [-0.39, 0.29) is 6.10 Å². The van der Waals surface area contributed by atoms with E-state index in [9.17, 15) is 18.5 Å². The molecule has 0 saturated heterocycles. The van der Waals surface area contributed by atoms with Crippen molar-refractivity contribution in [3.63, 3.8) is 0 Å². The number of rotatable bonds is 8. The zero-order chi connectivity index (χ0) is 24.5. The lowest BCUT2D eigenvalue weighted by atomic mass is 10.0. The normalized spacial score (nSPS) is 12.9. The van der Waals surface area contributed by atoms with Gasteiger partial charge < -0.3 is 9.84 Å². The van der Waals surface area contributed by atoms with Crippen LogP contribution >= 0.6 is 11.3 Å². The van der Waals surface area contributed by atoms with Crippen molar-refractivity contribution in [3.05, 3.63) is 53.2 Å². The second-order valence-electron chi connectivity index (χ2n) is 8.25. The van der Waals surface area contributed by atoms with Crippen molar-refractivity contribution in [1.82, 2.24) is 4.98 Å². The molecule has 1 heterocycles. The molecule has 3 aromatic rings. The molecule has 0 bridgehead atoms.